The van der Waals surface area contributed by atoms with Gasteiger partial charge in [-0.25, -0.2) is 13.5 Å². The van der Waals surface area contributed by atoms with Crippen LogP contribution in [-0.4, -0.2) is 86.5 Å². The number of amides is 1. The van der Waals surface area contributed by atoms with Crippen LogP contribution >= 0.6 is 11.6 Å². The molecule has 43 heavy (non-hydrogen) atoms. The SMILES string of the molecule is COC1C(C(=O)N(c2cc(Cl)cc(C#N)c2)[C@H]2CCC[C@@H]2O)OC(CO)C(O)C1n1cc(-c2ccc(C)c(F)c2F)nn1. The van der Waals surface area contributed by atoms with Gasteiger partial charge in [0.1, 0.15) is 30.0 Å². The van der Waals surface area contributed by atoms with E-state index in [0.717, 1.165) is 0 Å². The van der Waals surface area contributed by atoms with Gasteiger partial charge in [0.25, 0.3) is 5.91 Å². The number of benzene rings is 2. The third-order valence-corrected chi connectivity index (χ3v) is 8.27. The highest BCUT2D eigenvalue weighted by Crippen LogP contribution is 2.37. The van der Waals surface area contributed by atoms with Gasteiger partial charge in [0.05, 0.1) is 36.6 Å². The van der Waals surface area contributed by atoms with Crippen molar-refractivity contribution in [1.82, 2.24) is 15.0 Å². The number of anilines is 1. The van der Waals surface area contributed by atoms with Crippen LogP contribution in [0.25, 0.3) is 11.3 Å². The van der Waals surface area contributed by atoms with Gasteiger partial charge in [0.2, 0.25) is 0 Å². The molecule has 7 atom stereocenters. The average Bonchev–Trinajstić information content (AvgIpc) is 3.64. The van der Waals surface area contributed by atoms with Gasteiger partial charge in [0, 0.05) is 23.4 Å². The summed E-state index contributed by atoms with van der Waals surface area (Å²) in [6.07, 6.45) is -3.49. The highest BCUT2D eigenvalue weighted by molar-refractivity contribution is 6.31. The highest BCUT2D eigenvalue weighted by atomic mass is 35.5. The van der Waals surface area contributed by atoms with Crippen LogP contribution in [0.2, 0.25) is 5.02 Å². The molecule has 3 N–H and O–H groups in total. The first-order chi connectivity index (χ1) is 20.6. The van der Waals surface area contributed by atoms with Crippen LogP contribution in [0.15, 0.2) is 36.5 Å². The quantitative estimate of drug-likeness (QED) is 0.363. The zero-order valence-electron chi connectivity index (χ0n) is 23.3. The first kappa shape index (κ1) is 30.9. The Kier molecular flexibility index (Phi) is 9.07. The maximum atomic E-state index is 14.7. The molecule has 228 valence electrons. The van der Waals surface area contributed by atoms with Crippen LogP contribution in [0.5, 0.6) is 0 Å². The van der Waals surface area contributed by atoms with E-state index in [0.29, 0.717) is 19.3 Å². The van der Waals surface area contributed by atoms with E-state index in [4.69, 9.17) is 21.1 Å². The van der Waals surface area contributed by atoms with Crippen molar-refractivity contribution in [1.29, 1.82) is 5.26 Å². The Hall–Kier alpha value is -3.51. The maximum Gasteiger partial charge on any atom is 0.259 e. The molecule has 0 radical (unpaired) electrons. The highest BCUT2D eigenvalue weighted by Gasteiger charge is 2.52. The molecule has 0 spiro atoms. The van der Waals surface area contributed by atoms with Crippen molar-refractivity contribution in [3.63, 3.8) is 0 Å². The number of carbonyl (C=O) groups excluding carboxylic acids is 1. The van der Waals surface area contributed by atoms with Crippen molar-refractivity contribution in [2.24, 2.45) is 0 Å². The number of aliphatic hydroxyl groups is 3. The molecule has 3 aromatic rings. The normalized spacial score (nSPS) is 27.2. The minimum atomic E-state index is -1.46. The van der Waals surface area contributed by atoms with Gasteiger partial charge in [-0.1, -0.05) is 22.9 Å². The van der Waals surface area contributed by atoms with Gasteiger partial charge in [-0.15, -0.1) is 5.10 Å². The summed E-state index contributed by atoms with van der Waals surface area (Å²) < 4.78 is 41.8. The van der Waals surface area contributed by atoms with Gasteiger partial charge in [-0.2, -0.15) is 5.26 Å². The molecular formula is C29H30ClF2N5O6. The molecule has 5 rings (SSSR count). The predicted molar refractivity (Wildman–Crippen MR) is 149 cm³/mol. The summed E-state index contributed by atoms with van der Waals surface area (Å²) in [4.78, 5) is 15.7. The van der Waals surface area contributed by atoms with Crippen molar-refractivity contribution in [3.05, 3.63) is 64.3 Å². The van der Waals surface area contributed by atoms with Gasteiger partial charge in [-0.05, 0) is 56.0 Å². The summed E-state index contributed by atoms with van der Waals surface area (Å²) in [6, 6.07) is 7.29. The topological polar surface area (TPSA) is 154 Å². The number of hydrogen-bond donors (Lipinski definition) is 3. The summed E-state index contributed by atoms with van der Waals surface area (Å²) in [7, 11) is 1.29. The predicted octanol–water partition coefficient (Wildman–Crippen LogP) is 2.68. The molecule has 1 aliphatic carbocycles. The lowest BCUT2D eigenvalue weighted by Gasteiger charge is -2.45. The van der Waals surface area contributed by atoms with Crippen molar-refractivity contribution in [2.75, 3.05) is 18.6 Å². The Morgan fingerprint density at radius 2 is 2.02 bits per heavy atom. The molecule has 2 aliphatic rings. The van der Waals surface area contributed by atoms with Gasteiger partial charge in [-0.3, -0.25) is 4.79 Å². The molecule has 1 aliphatic heterocycles. The number of hydrogen-bond acceptors (Lipinski definition) is 9. The molecule has 2 heterocycles. The van der Waals surface area contributed by atoms with E-state index in [1.54, 1.807) is 0 Å². The number of methoxy groups -OCH3 is 1. The summed E-state index contributed by atoms with van der Waals surface area (Å²) in [5.41, 5.74) is 0.358. The van der Waals surface area contributed by atoms with Crippen LogP contribution < -0.4 is 4.90 Å². The Balaban J connectivity index is 1.56. The number of nitrogens with zero attached hydrogens (tertiary/aromatic N) is 5. The minimum Gasteiger partial charge on any atom is -0.394 e. The number of ether oxygens (including phenoxy) is 2. The van der Waals surface area contributed by atoms with E-state index in [-0.39, 0.29) is 33.1 Å². The molecular weight excluding hydrogens is 588 g/mol. The lowest BCUT2D eigenvalue weighted by Crippen LogP contribution is -2.62. The molecule has 1 saturated carbocycles. The zero-order chi connectivity index (χ0) is 31.0. The van der Waals surface area contributed by atoms with Crippen LogP contribution in [0.3, 0.4) is 0 Å². The van der Waals surface area contributed by atoms with Gasteiger partial charge < -0.3 is 29.7 Å². The number of aromatic nitrogens is 3. The smallest absolute Gasteiger partial charge is 0.259 e. The van der Waals surface area contributed by atoms with E-state index < -0.39 is 66.8 Å². The second kappa shape index (κ2) is 12.6. The number of halogens is 3. The molecule has 0 bridgehead atoms. The number of aryl methyl sites for hydroxylation is 1. The number of nitriles is 1. The molecule has 1 amide bonds. The first-order valence-electron chi connectivity index (χ1n) is 13.6. The molecule has 5 unspecified atom stereocenters. The second-order valence-corrected chi connectivity index (χ2v) is 11.1. The molecule has 11 nitrogen and oxygen atoms in total. The molecule has 14 heteroatoms. The van der Waals surface area contributed by atoms with Crippen LogP contribution in [0, 0.1) is 29.9 Å². The third-order valence-electron chi connectivity index (χ3n) is 8.05. The second-order valence-electron chi connectivity index (χ2n) is 10.7. The molecule has 1 saturated heterocycles. The van der Waals surface area contributed by atoms with Crippen molar-refractivity contribution in [3.8, 4) is 17.3 Å². The number of rotatable bonds is 7. The monoisotopic (exact) mass is 617 g/mol. The Morgan fingerprint density at radius 3 is 2.67 bits per heavy atom. The minimum absolute atomic E-state index is 0.0352. The van der Waals surface area contributed by atoms with Crippen LogP contribution in [-0.2, 0) is 14.3 Å². The number of carbonyl (C=O) groups is 1. The summed E-state index contributed by atoms with van der Waals surface area (Å²) in [5, 5.41) is 49.8. The lowest BCUT2D eigenvalue weighted by molar-refractivity contribution is -0.211. The Bertz CT molecular complexity index is 1550. The van der Waals surface area contributed by atoms with E-state index in [9.17, 15) is 34.2 Å². The summed E-state index contributed by atoms with van der Waals surface area (Å²) >= 11 is 6.27. The Morgan fingerprint density at radius 1 is 1.26 bits per heavy atom. The fourth-order valence-corrected chi connectivity index (χ4v) is 6.10. The summed E-state index contributed by atoms with van der Waals surface area (Å²) in [5.74, 6) is -2.83. The molecule has 2 aromatic carbocycles. The van der Waals surface area contributed by atoms with Gasteiger partial charge in [0.15, 0.2) is 17.7 Å². The van der Waals surface area contributed by atoms with E-state index in [2.05, 4.69) is 10.3 Å². The fourth-order valence-electron chi connectivity index (χ4n) is 5.87. The van der Waals surface area contributed by atoms with E-state index in [1.807, 2.05) is 6.07 Å². The van der Waals surface area contributed by atoms with Gasteiger partial charge >= 0.3 is 0 Å². The van der Waals surface area contributed by atoms with Crippen molar-refractivity contribution in [2.45, 2.75) is 68.8 Å². The largest absolute Gasteiger partial charge is 0.394 e. The average molecular weight is 618 g/mol. The third kappa shape index (κ3) is 5.74. The van der Waals surface area contributed by atoms with Crippen LogP contribution in [0.4, 0.5) is 14.5 Å². The fraction of sp³-hybridized carbons (Fsp3) is 0.448. The lowest BCUT2D eigenvalue weighted by atomic mass is 9.91. The zero-order valence-corrected chi connectivity index (χ0v) is 24.0. The first-order valence-corrected chi connectivity index (χ1v) is 14.0. The maximum absolute atomic E-state index is 14.7. The molecule has 1 aromatic heterocycles. The standard InChI is InChI=1S/C29H30ClF2N5O6/c1-14-6-7-18(24(32)23(14)31)19-12-36(35-34-19)25-26(40)22(13-38)43-28(27(25)42-2)29(41)37(20-4-3-5-21(20)39)17-9-15(11-33)8-16(30)10-17/h6-10,12,20-22,25-28,38-40H,3-5,13H2,1-2H3/t20-,21-,22?,25?,26?,27?,28?/m0/s1. The molecule has 2 fully saturated rings. The van der Waals surface area contributed by atoms with Crippen molar-refractivity contribution >= 4 is 23.2 Å². The number of aliphatic hydroxyl groups excluding tert-OH is 3. The van der Waals surface area contributed by atoms with E-state index in [1.165, 1.54) is 60.1 Å². The van der Waals surface area contributed by atoms with Crippen LogP contribution in [0.1, 0.15) is 36.4 Å². The summed E-state index contributed by atoms with van der Waals surface area (Å²) in [6.45, 7) is 0.740. The Labute approximate surface area is 250 Å². The van der Waals surface area contributed by atoms with Crippen molar-refractivity contribution < 1.29 is 38.4 Å². The van der Waals surface area contributed by atoms with E-state index >= 15 is 0 Å².